The Hall–Kier alpha value is -1.72. The highest BCUT2D eigenvalue weighted by Crippen LogP contribution is 2.26. The smallest absolute Gasteiger partial charge is 0.370 e. The minimum Gasteiger partial charge on any atom is -0.478 e. The van der Waals surface area contributed by atoms with Crippen molar-refractivity contribution in [2.45, 2.75) is 37.3 Å². The minimum absolute atomic E-state index is 0.382. The van der Waals surface area contributed by atoms with Crippen molar-refractivity contribution in [1.29, 1.82) is 0 Å². The summed E-state index contributed by atoms with van der Waals surface area (Å²) in [7, 11) is 0. The van der Waals surface area contributed by atoms with Crippen molar-refractivity contribution in [3.05, 3.63) is 11.8 Å². The van der Waals surface area contributed by atoms with Gasteiger partial charge in [0.1, 0.15) is 18.3 Å². The van der Waals surface area contributed by atoms with Gasteiger partial charge >= 0.3 is 5.97 Å². The van der Waals surface area contributed by atoms with Crippen molar-refractivity contribution in [2.75, 3.05) is 32.9 Å². The Morgan fingerprint density at radius 3 is 2.52 bits per heavy atom. The molecule has 0 aromatic heterocycles. The number of rotatable bonds is 6. The summed E-state index contributed by atoms with van der Waals surface area (Å²) >= 11 is 0. The molecule has 0 saturated carbocycles. The Labute approximate surface area is 144 Å². The van der Waals surface area contributed by atoms with Gasteiger partial charge in [0.25, 0.3) is 0 Å². The molecule has 0 spiro atoms. The Morgan fingerprint density at radius 1 is 1.36 bits per heavy atom. The molecule has 2 aliphatic heterocycles. The molecule has 0 aromatic carbocycles. The number of aliphatic hydroxyl groups is 3. The van der Waals surface area contributed by atoms with Crippen molar-refractivity contribution in [3.8, 4) is 0 Å². The maximum absolute atomic E-state index is 11.6. The van der Waals surface area contributed by atoms with Crippen LogP contribution in [0, 0.1) is 0 Å². The van der Waals surface area contributed by atoms with E-state index < -0.39 is 48.9 Å². The monoisotopic (exact) mass is 360 g/mol. The maximum atomic E-state index is 11.6. The van der Waals surface area contributed by atoms with E-state index in [4.69, 9.17) is 14.6 Å². The first-order chi connectivity index (χ1) is 11.8. The molecule has 1 saturated heterocycles. The van der Waals surface area contributed by atoms with Crippen LogP contribution in [0.1, 0.15) is 6.92 Å². The molecule has 25 heavy (non-hydrogen) atoms. The molecule has 0 aliphatic carbocycles. The number of aliphatic carboxylic acids is 1. The zero-order chi connectivity index (χ0) is 18.6. The molecule has 2 aliphatic rings. The number of carbonyl (C=O) groups is 2. The van der Waals surface area contributed by atoms with Gasteiger partial charge in [0, 0.05) is 20.0 Å². The number of aliphatic hydroxyl groups excluding tert-OH is 3. The van der Waals surface area contributed by atoms with Gasteiger partial charge in [-0.1, -0.05) is 0 Å². The van der Waals surface area contributed by atoms with Gasteiger partial charge < -0.3 is 35.2 Å². The van der Waals surface area contributed by atoms with Gasteiger partial charge in [-0.2, -0.15) is 0 Å². The van der Waals surface area contributed by atoms with E-state index in [1.165, 1.54) is 13.0 Å². The predicted octanol–water partition coefficient (Wildman–Crippen LogP) is -2.73. The van der Waals surface area contributed by atoms with Gasteiger partial charge in [-0.3, -0.25) is 9.69 Å². The number of carboxylic acid groups (broad SMARTS) is 1. The molecule has 10 nitrogen and oxygen atoms in total. The van der Waals surface area contributed by atoms with Gasteiger partial charge in [0.2, 0.25) is 11.7 Å². The minimum atomic E-state index is -1.59. The molecule has 10 heteroatoms. The molecule has 2 heterocycles. The van der Waals surface area contributed by atoms with Crippen LogP contribution in [0.25, 0.3) is 0 Å². The Bertz CT molecular complexity index is 520. The standard InChI is InChI=1S/C15H24N2O8/c1-8(19)16-12-9(17-2-4-24-5-3-17)6-11(15(22)23)25-14(12)13(21)10(20)7-18/h6,9-10,12-14,18,20-21H,2-5,7H2,1H3,(H,16,19)(H,22,23)/t9-,10-,12-,13+,14+/m1/s1. The van der Waals surface area contributed by atoms with Crippen LogP contribution in [0.5, 0.6) is 0 Å². The summed E-state index contributed by atoms with van der Waals surface area (Å²) in [5.41, 5.74) is 0. The third-order valence-electron chi connectivity index (χ3n) is 4.27. The summed E-state index contributed by atoms with van der Waals surface area (Å²) in [6, 6.07) is -1.38. The van der Waals surface area contributed by atoms with Crippen LogP contribution in [0.3, 0.4) is 0 Å². The fourth-order valence-corrected chi connectivity index (χ4v) is 3.05. The number of nitrogens with one attached hydrogen (secondary N) is 1. The lowest BCUT2D eigenvalue weighted by Crippen LogP contribution is -2.64. The summed E-state index contributed by atoms with van der Waals surface area (Å²) in [6.45, 7) is 2.48. The topological polar surface area (TPSA) is 149 Å². The zero-order valence-electron chi connectivity index (χ0n) is 13.9. The van der Waals surface area contributed by atoms with E-state index in [0.717, 1.165) is 0 Å². The van der Waals surface area contributed by atoms with Gasteiger partial charge in [-0.25, -0.2) is 4.79 Å². The average molecular weight is 360 g/mol. The first-order valence-electron chi connectivity index (χ1n) is 8.02. The van der Waals surface area contributed by atoms with E-state index in [2.05, 4.69) is 5.32 Å². The Balaban J connectivity index is 2.37. The number of carbonyl (C=O) groups excluding carboxylic acids is 1. The Kier molecular flexibility index (Phi) is 6.73. The first kappa shape index (κ1) is 19.6. The molecule has 0 aromatic rings. The Morgan fingerprint density at radius 2 is 2.00 bits per heavy atom. The highest BCUT2D eigenvalue weighted by molar-refractivity contribution is 5.84. The van der Waals surface area contributed by atoms with Crippen molar-refractivity contribution in [2.24, 2.45) is 0 Å². The fourth-order valence-electron chi connectivity index (χ4n) is 3.05. The van der Waals surface area contributed by atoms with Crippen LogP contribution >= 0.6 is 0 Å². The molecule has 142 valence electrons. The quantitative estimate of drug-likeness (QED) is 0.340. The van der Waals surface area contributed by atoms with E-state index in [-0.39, 0.29) is 5.76 Å². The number of carboxylic acids is 1. The van der Waals surface area contributed by atoms with Crippen molar-refractivity contribution >= 4 is 11.9 Å². The van der Waals surface area contributed by atoms with Crippen molar-refractivity contribution < 1.29 is 39.5 Å². The van der Waals surface area contributed by atoms with E-state index in [1.807, 2.05) is 4.90 Å². The van der Waals surface area contributed by atoms with Gasteiger partial charge in [0.15, 0.2) is 0 Å². The lowest BCUT2D eigenvalue weighted by atomic mass is 9.91. The second-order valence-corrected chi connectivity index (χ2v) is 6.02. The molecule has 0 unspecified atom stereocenters. The van der Waals surface area contributed by atoms with Crippen LogP contribution in [-0.4, -0.2) is 101 Å². The average Bonchev–Trinajstić information content (AvgIpc) is 2.60. The molecular weight excluding hydrogens is 336 g/mol. The van der Waals surface area contributed by atoms with E-state index >= 15 is 0 Å². The molecular formula is C15H24N2O8. The number of hydrogen-bond donors (Lipinski definition) is 5. The highest BCUT2D eigenvalue weighted by Gasteiger charge is 2.45. The predicted molar refractivity (Wildman–Crippen MR) is 83.5 cm³/mol. The lowest BCUT2D eigenvalue weighted by Gasteiger charge is -2.44. The van der Waals surface area contributed by atoms with Crippen LogP contribution in [0.15, 0.2) is 11.8 Å². The largest absolute Gasteiger partial charge is 0.478 e. The molecule has 5 N–H and O–H groups in total. The number of hydrogen-bond acceptors (Lipinski definition) is 8. The second-order valence-electron chi connectivity index (χ2n) is 6.02. The third-order valence-corrected chi connectivity index (χ3v) is 4.27. The zero-order valence-corrected chi connectivity index (χ0v) is 13.9. The van der Waals surface area contributed by atoms with Crippen LogP contribution in [0.2, 0.25) is 0 Å². The first-order valence-corrected chi connectivity index (χ1v) is 8.02. The summed E-state index contributed by atoms with van der Waals surface area (Å²) < 4.78 is 10.6. The van der Waals surface area contributed by atoms with Crippen LogP contribution in [-0.2, 0) is 19.1 Å². The number of amides is 1. The number of nitrogens with zero attached hydrogens (tertiary/aromatic N) is 1. The summed E-state index contributed by atoms with van der Waals surface area (Å²) in [4.78, 5) is 24.9. The van der Waals surface area contributed by atoms with Crippen LogP contribution in [0.4, 0.5) is 0 Å². The lowest BCUT2D eigenvalue weighted by molar-refractivity contribution is -0.148. The molecule has 0 bridgehead atoms. The van der Waals surface area contributed by atoms with E-state index in [0.29, 0.717) is 26.3 Å². The molecule has 5 atom stereocenters. The second kappa shape index (κ2) is 8.59. The van der Waals surface area contributed by atoms with Crippen molar-refractivity contribution in [1.82, 2.24) is 10.2 Å². The normalized spacial score (nSPS) is 29.9. The van der Waals surface area contributed by atoms with E-state index in [1.54, 1.807) is 0 Å². The van der Waals surface area contributed by atoms with Crippen molar-refractivity contribution in [3.63, 3.8) is 0 Å². The maximum Gasteiger partial charge on any atom is 0.370 e. The summed E-state index contributed by atoms with van der Waals surface area (Å²) in [5, 5.41) is 41.1. The number of ether oxygens (including phenoxy) is 2. The molecule has 2 rings (SSSR count). The summed E-state index contributed by atoms with van der Waals surface area (Å²) in [5.74, 6) is -2.10. The fraction of sp³-hybridized carbons (Fsp3) is 0.733. The highest BCUT2D eigenvalue weighted by atomic mass is 16.5. The molecule has 1 amide bonds. The van der Waals surface area contributed by atoms with Gasteiger partial charge in [-0.05, 0) is 6.08 Å². The van der Waals surface area contributed by atoms with Gasteiger partial charge in [-0.15, -0.1) is 0 Å². The SMILES string of the molecule is CC(=O)N[C@H]1[C@@H]([C@@H](O)[C@H](O)CO)OC(C(=O)O)=C[C@H]1N1CCOCC1. The van der Waals surface area contributed by atoms with E-state index in [9.17, 15) is 24.9 Å². The van der Waals surface area contributed by atoms with Gasteiger partial charge in [0.05, 0.1) is 31.9 Å². The van der Waals surface area contributed by atoms with Crippen LogP contribution < -0.4 is 5.32 Å². The molecule has 0 radical (unpaired) electrons. The third kappa shape index (κ3) is 4.67. The molecule has 1 fully saturated rings. The number of morpholine rings is 1. The summed E-state index contributed by atoms with van der Waals surface area (Å²) in [6.07, 6.45) is -2.99.